The normalized spacial score (nSPS) is 24.3. The van der Waals surface area contributed by atoms with Crippen molar-refractivity contribution in [3.05, 3.63) is 0 Å². The van der Waals surface area contributed by atoms with E-state index in [9.17, 15) is 4.79 Å². The molecule has 0 aromatic heterocycles. The Balaban J connectivity index is 1.55. The van der Waals surface area contributed by atoms with Gasteiger partial charge in [-0.15, -0.1) is 0 Å². The molecule has 0 atom stereocenters. The van der Waals surface area contributed by atoms with Crippen LogP contribution in [-0.4, -0.2) is 35.6 Å². The van der Waals surface area contributed by atoms with Crippen molar-refractivity contribution in [1.82, 2.24) is 4.90 Å². The van der Waals surface area contributed by atoms with Crippen molar-refractivity contribution in [3.8, 4) is 0 Å². The van der Waals surface area contributed by atoms with Gasteiger partial charge in [0.15, 0.2) is 0 Å². The first-order valence-electron chi connectivity index (χ1n) is 6.18. The summed E-state index contributed by atoms with van der Waals surface area (Å²) in [4.78, 5) is 12.9. The molecule has 0 aromatic carbocycles. The second-order valence-electron chi connectivity index (χ2n) is 5.17. The van der Waals surface area contributed by atoms with Crippen molar-refractivity contribution in [2.75, 3.05) is 19.6 Å². The van der Waals surface area contributed by atoms with Crippen LogP contribution in [-0.2, 0) is 4.79 Å². The fourth-order valence-electron chi connectivity index (χ4n) is 2.89. The Morgan fingerprint density at radius 2 is 1.87 bits per heavy atom. The molecule has 0 unspecified atom stereocenters. The van der Waals surface area contributed by atoms with E-state index in [1.165, 1.54) is 32.2 Å². The fraction of sp³-hybridized carbons (Fsp3) is 0.917. The van der Waals surface area contributed by atoms with E-state index in [4.69, 9.17) is 5.11 Å². The zero-order chi connectivity index (χ0) is 10.7. The third kappa shape index (κ3) is 3.20. The lowest BCUT2D eigenvalue weighted by Crippen LogP contribution is -2.48. The number of aliphatic carboxylic acids is 1. The molecule has 2 aliphatic rings. The first-order valence-corrected chi connectivity index (χ1v) is 6.18. The van der Waals surface area contributed by atoms with Gasteiger partial charge in [0.1, 0.15) is 0 Å². The lowest BCUT2D eigenvalue weighted by atomic mass is 9.93. The van der Waals surface area contributed by atoms with Gasteiger partial charge in [-0.05, 0) is 31.1 Å². The Morgan fingerprint density at radius 3 is 2.47 bits per heavy atom. The highest BCUT2D eigenvalue weighted by Gasteiger charge is 2.29. The predicted molar refractivity (Wildman–Crippen MR) is 58.8 cm³/mol. The van der Waals surface area contributed by atoms with Gasteiger partial charge in [0.05, 0.1) is 0 Å². The molecule has 3 nitrogen and oxygen atoms in total. The van der Waals surface area contributed by atoms with Crippen molar-refractivity contribution < 1.29 is 9.90 Å². The second kappa shape index (κ2) is 4.97. The highest BCUT2D eigenvalue weighted by Crippen LogP contribution is 2.29. The van der Waals surface area contributed by atoms with Crippen LogP contribution in [0.2, 0.25) is 0 Å². The molecule has 0 amide bonds. The molecule has 0 spiro atoms. The molecule has 86 valence electrons. The predicted octanol–water partition coefficient (Wildman–Crippen LogP) is 1.97. The Hall–Kier alpha value is -0.570. The summed E-state index contributed by atoms with van der Waals surface area (Å²) in [5, 5.41) is 8.56. The quantitative estimate of drug-likeness (QED) is 0.756. The van der Waals surface area contributed by atoms with E-state index >= 15 is 0 Å². The van der Waals surface area contributed by atoms with E-state index in [1.807, 2.05) is 0 Å². The summed E-state index contributed by atoms with van der Waals surface area (Å²) in [5.74, 6) is 0.942. The first kappa shape index (κ1) is 10.9. The number of likely N-dealkylation sites (tertiary alicyclic amines) is 1. The van der Waals surface area contributed by atoms with Crippen LogP contribution in [0.25, 0.3) is 0 Å². The third-order valence-corrected chi connectivity index (χ3v) is 3.79. The molecule has 1 N–H and O–H groups in total. The maximum absolute atomic E-state index is 10.4. The standard InChI is InChI=1S/C12H21NO2/c14-12(15)6-5-11-8-13(9-11)7-10-3-1-2-4-10/h10-11H,1-9H2,(H,14,15). The van der Waals surface area contributed by atoms with Crippen LogP contribution in [0.1, 0.15) is 38.5 Å². The van der Waals surface area contributed by atoms with Gasteiger partial charge in [-0.3, -0.25) is 4.79 Å². The van der Waals surface area contributed by atoms with Crippen LogP contribution in [0.15, 0.2) is 0 Å². The van der Waals surface area contributed by atoms with Crippen molar-refractivity contribution >= 4 is 5.97 Å². The maximum atomic E-state index is 10.4. The largest absolute Gasteiger partial charge is 0.481 e. The topological polar surface area (TPSA) is 40.5 Å². The van der Waals surface area contributed by atoms with Crippen molar-refractivity contribution in [2.45, 2.75) is 38.5 Å². The lowest BCUT2D eigenvalue weighted by molar-refractivity contribution is -0.137. The molecule has 1 aliphatic carbocycles. The zero-order valence-corrected chi connectivity index (χ0v) is 9.32. The summed E-state index contributed by atoms with van der Waals surface area (Å²) in [7, 11) is 0. The van der Waals surface area contributed by atoms with E-state index in [2.05, 4.69) is 4.90 Å². The Bertz CT molecular complexity index is 218. The summed E-state index contributed by atoms with van der Waals surface area (Å²) in [6.07, 6.45) is 6.88. The number of hydrogen-bond acceptors (Lipinski definition) is 2. The molecule has 1 saturated carbocycles. The van der Waals surface area contributed by atoms with Gasteiger partial charge in [-0.25, -0.2) is 0 Å². The van der Waals surface area contributed by atoms with E-state index in [0.717, 1.165) is 25.4 Å². The third-order valence-electron chi connectivity index (χ3n) is 3.79. The molecule has 15 heavy (non-hydrogen) atoms. The molecule has 0 bridgehead atoms. The van der Waals surface area contributed by atoms with Crippen molar-refractivity contribution in [1.29, 1.82) is 0 Å². The van der Waals surface area contributed by atoms with Gasteiger partial charge >= 0.3 is 5.97 Å². The number of nitrogens with zero attached hydrogens (tertiary/aromatic N) is 1. The summed E-state index contributed by atoms with van der Waals surface area (Å²) < 4.78 is 0. The van der Waals surface area contributed by atoms with E-state index in [-0.39, 0.29) is 0 Å². The molecule has 0 aromatic rings. The number of rotatable bonds is 5. The van der Waals surface area contributed by atoms with Crippen molar-refractivity contribution in [2.24, 2.45) is 11.8 Å². The molecule has 1 aliphatic heterocycles. The van der Waals surface area contributed by atoms with Crippen LogP contribution < -0.4 is 0 Å². The van der Waals surface area contributed by atoms with Crippen LogP contribution in [0.5, 0.6) is 0 Å². The molecule has 2 fully saturated rings. The molecule has 1 heterocycles. The summed E-state index contributed by atoms with van der Waals surface area (Å²) in [5.41, 5.74) is 0. The minimum Gasteiger partial charge on any atom is -0.481 e. The monoisotopic (exact) mass is 211 g/mol. The Labute approximate surface area is 91.5 Å². The first-order chi connectivity index (χ1) is 7.24. The molecule has 0 radical (unpaired) electrons. The van der Waals surface area contributed by atoms with Gasteiger partial charge < -0.3 is 10.0 Å². The summed E-state index contributed by atoms with van der Waals surface area (Å²) in [6, 6.07) is 0. The Kier molecular flexibility index (Phi) is 3.62. The average Bonchev–Trinajstić information content (AvgIpc) is 2.60. The highest BCUT2D eigenvalue weighted by atomic mass is 16.4. The van der Waals surface area contributed by atoms with Crippen molar-refractivity contribution in [3.63, 3.8) is 0 Å². The molecule has 2 rings (SSSR count). The average molecular weight is 211 g/mol. The van der Waals surface area contributed by atoms with Crippen LogP contribution >= 0.6 is 0 Å². The maximum Gasteiger partial charge on any atom is 0.303 e. The minimum atomic E-state index is -0.649. The number of carbonyl (C=O) groups is 1. The Morgan fingerprint density at radius 1 is 1.20 bits per heavy atom. The van der Waals surface area contributed by atoms with Crippen LogP contribution in [0.4, 0.5) is 0 Å². The summed E-state index contributed by atoms with van der Waals surface area (Å²) >= 11 is 0. The number of carboxylic acid groups (broad SMARTS) is 1. The minimum absolute atomic E-state index is 0.349. The van der Waals surface area contributed by atoms with Gasteiger partial charge in [0, 0.05) is 26.1 Å². The molecule has 1 saturated heterocycles. The highest BCUT2D eigenvalue weighted by molar-refractivity contribution is 5.66. The zero-order valence-electron chi connectivity index (χ0n) is 9.32. The second-order valence-corrected chi connectivity index (χ2v) is 5.17. The van der Waals surface area contributed by atoms with Gasteiger partial charge in [-0.2, -0.15) is 0 Å². The van der Waals surface area contributed by atoms with Gasteiger partial charge in [-0.1, -0.05) is 12.8 Å². The van der Waals surface area contributed by atoms with E-state index < -0.39 is 5.97 Å². The van der Waals surface area contributed by atoms with Gasteiger partial charge in [0.25, 0.3) is 0 Å². The smallest absolute Gasteiger partial charge is 0.303 e. The molecule has 3 heteroatoms. The SMILES string of the molecule is O=C(O)CCC1CN(CC2CCCC2)C1. The van der Waals surface area contributed by atoms with E-state index in [1.54, 1.807) is 0 Å². The molecular formula is C12H21NO2. The van der Waals surface area contributed by atoms with Gasteiger partial charge in [0.2, 0.25) is 0 Å². The number of hydrogen-bond donors (Lipinski definition) is 1. The van der Waals surface area contributed by atoms with Crippen LogP contribution in [0, 0.1) is 11.8 Å². The lowest BCUT2D eigenvalue weighted by Gasteiger charge is -2.40. The fourth-order valence-corrected chi connectivity index (χ4v) is 2.89. The number of carboxylic acids is 1. The summed E-state index contributed by atoms with van der Waals surface area (Å²) in [6.45, 7) is 3.55. The van der Waals surface area contributed by atoms with Crippen LogP contribution in [0.3, 0.4) is 0 Å². The molecular weight excluding hydrogens is 190 g/mol. The van der Waals surface area contributed by atoms with E-state index in [0.29, 0.717) is 12.3 Å².